The number of thioether (sulfide) groups is 1. The first-order valence-corrected chi connectivity index (χ1v) is 6.40. The van der Waals surface area contributed by atoms with E-state index >= 15 is 0 Å². The van der Waals surface area contributed by atoms with Gasteiger partial charge in [0.15, 0.2) is 5.37 Å². The summed E-state index contributed by atoms with van der Waals surface area (Å²) in [7, 11) is 0. The minimum atomic E-state index is -1.13. The summed E-state index contributed by atoms with van der Waals surface area (Å²) < 4.78 is 0. The topological polar surface area (TPSA) is 86.6 Å². The number of hydrogen-bond acceptors (Lipinski definition) is 4. The summed E-state index contributed by atoms with van der Waals surface area (Å²) in [5.41, 5.74) is 0.719. The number of aliphatic hydroxyl groups excluding tert-OH is 1. The molecule has 0 bridgehead atoms. The Hall–Kier alpha value is -1.53. The predicted molar refractivity (Wildman–Crippen MR) is 69.1 cm³/mol. The van der Waals surface area contributed by atoms with E-state index in [0.29, 0.717) is 0 Å². The smallest absolute Gasteiger partial charge is 0.336 e. The molecule has 0 spiro atoms. The van der Waals surface area contributed by atoms with Gasteiger partial charge in [0.05, 0.1) is 6.10 Å². The van der Waals surface area contributed by atoms with E-state index in [1.54, 1.807) is 24.3 Å². The van der Waals surface area contributed by atoms with Crippen molar-refractivity contribution in [2.75, 3.05) is 5.75 Å². The highest BCUT2D eigenvalue weighted by Crippen LogP contribution is 2.20. The fourth-order valence-corrected chi connectivity index (χ4v) is 2.28. The summed E-state index contributed by atoms with van der Waals surface area (Å²) in [6, 6.07) is 8.96. The number of amides is 1. The number of nitrogens with one attached hydrogen (secondary N) is 1. The molecule has 0 aliphatic heterocycles. The minimum absolute atomic E-state index is 0.196. The Kier molecular flexibility index (Phi) is 5.67. The van der Waals surface area contributed by atoms with Gasteiger partial charge in [0.1, 0.15) is 0 Å². The molecule has 1 aromatic rings. The average Bonchev–Trinajstić information content (AvgIpc) is 2.34. The second-order valence-electron chi connectivity index (χ2n) is 3.68. The van der Waals surface area contributed by atoms with Crippen molar-refractivity contribution in [1.82, 2.24) is 5.32 Å². The summed E-state index contributed by atoms with van der Waals surface area (Å²) >= 11 is 0.979. The lowest BCUT2D eigenvalue weighted by Crippen LogP contribution is -2.37. The highest BCUT2D eigenvalue weighted by atomic mass is 32.2. The van der Waals surface area contributed by atoms with Crippen molar-refractivity contribution in [2.24, 2.45) is 0 Å². The number of aliphatic hydroxyl groups is 1. The van der Waals surface area contributed by atoms with Crippen LogP contribution in [0.4, 0.5) is 0 Å². The Labute approximate surface area is 109 Å². The molecule has 3 N–H and O–H groups in total. The largest absolute Gasteiger partial charge is 0.479 e. The monoisotopic (exact) mass is 269 g/mol. The zero-order valence-electron chi connectivity index (χ0n) is 9.87. The molecule has 1 amide bonds. The predicted octanol–water partition coefficient (Wildman–Crippen LogP) is 1.00. The molecule has 0 saturated carbocycles. The van der Waals surface area contributed by atoms with Gasteiger partial charge in [-0.15, -0.1) is 11.8 Å². The number of carboxylic acid groups (broad SMARTS) is 1. The van der Waals surface area contributed by atoms with Crippen LogP contribution in [0.2, 0.25) is 0 Å². The Bertz CT molecular complexity index is 410. The van der Waals surface area contributed by atoms with Gasteiger partial charge in [0.25, 0.3) is 0 Å². The standard InChI is InChI=1S/C12H15NO4S/c1-8(14)13-11(12(16)17)18-7-10(15)9-5-3-2-4-6-9/h2-6,10-11,15H,7H2,1H3,(H,13,14)(H,16,17)/t10-,11+/m1/s1. The Morgan fingerprint density at radius 3 is 2.44 bits per heavy atom. The second kappa shape index (κ2) is 7.03. The molecular weight excluding hydrogens is 254 g/mol. The molecule has 1 rings (SSSR count). The highest BCUT2D eigenvalue weighted by Gasteiger charge is 2.20. The van der Waals surface area contributed by atoms with Crippen LogP contribution in [0.25, 0.3) is 0 Å². The van der Waals surface area contributed by atoms with E-state index in [9.17, 15) is 14.7 Å². The van der Waals surface area contributed by atoms with Gasteiger partial charge in [-0.05, 0) is 5.56 Å². The van der Waals surface area contributed by atoms with E-state index in [4.69, 9.17) is 5.11 Å². The zero-order valence-corrected chi connectivity index (χ0v) is 10.7. The van der Waals surface area contributed by atoms with E-state index in [0.717, 1.165) is 17.3 Å². The van der Waals surface area contributed by atoms with Crippen molar-refractivity contribution < 1.29 is 19.8 Å². The first-order valence-electron chi connectivity index (χ1n) is 5.35. The minimum Gasteiger partial charge on any atom is -0.479 e. The quantitative estimate of drug-likeness (QED) is 0.671. The Morgan fingerprint density at radius 1 is 1.33 bits per heavy atom. The fraction of sp³-hybridized carbons (Fsp3) is 0.333. The highest BCUT2D eigenvalue weighted by molar-refractivity contribution is 8.00. The zero-order chi connectivity index (χ0) is 13.5. The van der Waals surface area contributed by atoms with Crippen molar-refractivity contribution in [3.63, 3.8) is 0 Å². The molecule has 0 unspecified atom stereocenters. The van der Waals surface area contributed by atoms with Gasteiger partial charge in [-0.3, -0.25) is 4.79 Å². The van der Waals surface area contributed by atoms with Gasteiger partial charge in [0.2, 0.25) is 5.91 Å². The molecule has 1 aromatic carbocycles. The number of carboxylic acids is 1. The molecule has 0 heterocycles. The lowest BCUT2D eigenvalue weighted by Gasteiger charge is -2.15. The molecule has 2 atom stereocenters. The summed E-state index contributed by atoms with van der Waals surface area (Å²) in [6.07, 6.45) is -0.758. The first kappa shape index (κ1) is 14.5. The molecule has 0 fully saturated rings. The molecule has 5 nitrogen and oxygen atoms in total. The lowest BCUT2D eigenvalue weighted by atomic mass is 10.1. The fourth-order valence-electron chi connectivity index (χ4n) is 1.32. The average molecular weight is 269 g/mol. The van der Waals surface area contributed by atoms with Crippen LogP contribution in [0, 0.1) is 0 Å². The van der Waals surface area contributed by atoms with Crippen LogP contribution in [-0.4, -0.2) is 33.2 Å². The molecule has 0 aliphatic carbocycles. The molecule has 0 radical (unpaired) electrons. The van der Waals surface area contributed by atoms with E-state index in [1.807, 2.05) is 6.07 Å². The van der Waals surface area contributed by atoms with Gasteiger partial charge >= 0.3 is 5.97 Å². The number of aliphatic carboxylic acids is 1. The maximum Gasteiger partial charge on any atom is 0.336 e. The van der Waals surface area contributed by atoms with Crippen LogP contribution in [0.1, 0.15) is 18.6 Å². The third-order valence-corrected chi connectivity index (χ3v) is 3.32. The van der Waals surface area contributed by atoms with Gasteiger partial charge in [-0.2, -0.15) is 0 Å². The first-order chi connectivity index (χ1) is 8.50. The summed E-state index contributed by atoms with van der Waals surface area (Å²) in [4.78, 5) is 21.7. The van der Waals surface area contributed by atoms with Crippen molar-refractivity contribution in [2.45, 2.75) is 18.4 Å². The summed E-state index contributed by atoms with van der Waals surface area (Å²) in [5.74, 6) is -1.35. The third-order valence-electron chi connectivity index (χ3n) is 2.16. The Morgan fingerprint density at radius 2 is 1.94 bits per heavy atom. The number of hydrogen-bond donors (Lipinski definition) is 3. The van der Waals surface area contributed by atoms with E-state index < -0.39 is 23.4 Å². The van der Waals surface area contributed by atoms with Crippen molar-refractivity contribution in [1.29, 1.82) is 0 Å². The van der Waals surface area contributed by atoms with Gasteiger partial charge in [-0.25, -0.2) is 4.79 Å². The summed E-state index contributed by atoms with van der Waals surface area (Å²) in [5, 5.41) is 20.0. The van der Waals surface area contributed by atoms with E-state index in [2.05, 4.69) is 5.32 Å². The van der Waals surface area contributed by atoms with Gasteiger partial charge in [0, 0.05) is 12.7 Å². The van der Waals surface area contributed by atoms with Crippen molar-refractivity contribution in [3.8, 4) is 0 Å². The molecule has 6 heteroatoms. The van der Waals surface area contributed by atoms with E-state index in [1.165, 1.54) is 6.92 Å². The van der Waals surface area contributed by atoms with Crippen LogP contribution in [0.5, 0.6) is 0 Å². The molecule has 18 heavy (non-hydrogen) atoms. The normalized spacial score (nSPS) is 13.7. The van der Waals surface area contributed by atoms with Crippen LogP contribution >= 0.6 is 11.8 Å². The Balaban J connectivity index is 2.52. The molecule has 0 aliphatic rings. The van der Waals surface area contributed by atoms with Crippen LogP contribution < -0.4 is 5.32 Å². The van der Waals surface area contributed by atoms with E-state index in [-0.39, 0.29) is 5.75 Å². The molecular formula is C12H15NO4S. The SMILES string of the molecule is CC(=O)N[C@@H](SC[C@@H](O)c1ccccc1)C(=O)O. The third kappa shape index (κ3) is 4.77. The van der Waals surface area contributed by atoms with Gasteiger partial charge in [-0.1, -0.05) is 30.3 Å². The summed E-state index contributed by atoms with van der Waals surface area (Å²) in [6.45, 7) is 1.25. The lowest BCUT2D eigenvalue weighted by molar-refractivity contribution is -0.138. The number of carbonyl (C=O) groups is 2. The molecule has 0 saturated heterocycles. The van der Waals surface area contributed by atoms with Crippen LogP contribution in [0.3, 0.4) is 0 Å². The number of rotatable bonds is 6. The van der Waals surface area contributed by atoms with Crippen LogP contribution in [-0.2, 0) is 9.59 Å². The number of carbonyl (C=O) groups excluding carboxylic acids is 1. The van der Waals surface area contributed by atoms with Crippen molar-refractivity contribution in [3.05, 3.63) is 35.9 Å². The second-order valence-corrected chi connectivity index (χ2v) is 4.82. The van der Waals surface area contributed by atoms with Crippen molar-refractivity contribution >= 4 is 23.6 Å². The van der Waals surface area contributed by atoms with Gasteiger partial charge < -0.3 is 15.5 Å². The molecule has 98 valence electrons. The maximum absolute atomic E-state index is 10.9. The van der Waals surface area contributed by atoms with Crippen LogP contribution in [0.15, 0.2) is 30.3 Å². The maximum atomic E-state index is 10.9. The number of benzene rings is 1. The molecule has 0 aromatic heterocycles.